The first kappa shape index (κ1) is 11.4. The highest BCUT2D eigenvalue weighted by Gasteiger charge is 2.04. The highest BCUT2D eigenvalue weighted by Crippen LogP contribution is 2.28. The van der Waals surface area contributed by atoms with E-state index >= 15 is 0 Å². The van der Waals surface area contributed by atoms with Crippen LogP contribution < -0.4 is 15.8 Å². The summed E-state index contributed by atoms with van der Waals surface area (Å²) in [5.41, 5.74) is 6.21. The molecule has 0 amide bonds. The van der Waals surface area contributed by atoms with Crippen LogP contribution in [0.4, 0.5) is 5.69 Å². The van der Waals surface area contributed by atoms with Crippen molar-refractivity contribution in [1.82, 2.24) is 0 Å². The first-order valence-electron chi connectivity index (χ1n) is 5.14. The highest BCUT2D eigenvalue weighted by atomic mass is 32.1. The van der Waals surface area contributed by atoms with Crippen LogP contribution in [-0.4, -0.2) is 5.11 Å². The lowest BCUT2D eigenvalue weighted by atomic mass is 10.3. The third-order valence-electron chi connectivity index (χ3n) is 2.12. The number of nitrogens with one attached hydrogen (secondary N) is 1. The fourth-order valence-electron chi connectivity index (χ4n) is 1.41. The summed E-state index contributed by atoms with van der Waals surface area (Å²) in [6, 6.07) is 17.0. The number of thiocarbonyl (C=S) groups is 1. The zero-order valence-electron chi connectivity index (χ0n) is 9.09. The van der Waals surface area contributed by atoms with Gasteiger partial charge < -0.3 is 15.8 Å². The van der Waals surface area contributed by atoms with Crippen molar-refractivity contribution in [3.8, 4) is 11.5 Å². The van der Waals surface area contributed by atoms with Gasteiger partial charge in [0.25, 0.3) is 0 Å². The Morgan fingerprint density at radius 2 is 1.65 bits per heavy atom. The average Bonchev–Trinajstić information content (AvgIpc) is 2.32. The minimum atomic E-state index is 0.217. The number of rotatable bonds is 3. The summed E-state index contributed by atoms with van der Waals surface area (Å²) in [5.74, 6) is 1.45. The zero-order valence-corrected chi connectivity index (χ0v) is 9.91. The Labute approximate surface area is 105 Å². The van der Waals surface area contributed by atoms with Gasteiger partial charge in [0.1, 0.15) is 5.75 Å². The molecule has 2 aromatic rings. The van der Waals surface area contributed by atoms with E-state index in [0.29, 0.717) is 5.75 Å². The molecule has 0 fully saturated rings. The van der Waals surface area contributed by atoms with Crippen LogP contribution in [0.2, 0.25) is 0 Å². The van der Waals surface area contributed by atoms with Gasteiger partial charge in [-0.3, -0.25) is 0 Å². The number of hydrogen-bond acceptors (Lipinski definition) is 2. The van der Waals surface area contributed by atoms with E-state index in [1.165, 1.54) is 0 Å². The van der Waals surface area contributed by atoms with E-state index in [-0.39, 0.29) is 5.11 Å². The molecule has 0 unspecified atom stereocenters. The minimum absolute atomic E-state index is 0.217. The molecule has 86 valence electrons. The summed E-state index contributed by atoms with van der Waals surface area (Å²) in [7, 11) is 0. The normalized spacial score (nSPS) is 9.65. The van der Waals surface area contributed by atoms with Gasteiger partial charge in [0.05, 0.1) is 5.69 Å². The van der Waals surface area contributed by atoms with Gasteiger partial charge in [-0.25, -0.2) is 0 Å². The van der Waals surface area contributed by atoms with E-state index in [4.69, 9.17) is 22.7 Å². The molecular weight excluding hydrogens is 232 g/mol. The molecule has 0 aliphatic rings. The molecule has 17 heavy (non-hydrogen) atoms. The maximum Gasteiger partial charge on any atom is 0.168 e. The molecule has 0 aliphatic heterocycles. The number of benzene rings is 2. The van der Waals surface area contributed by atoms with Gasteiger partial charge in [-0.15, -0.1) is 0 Å². The molecule has 3 N–H and O–H groups in total. The Bertz CT molecular complexity index is 514. The molecule has 0 aromatic heterocycles. The Kier molecular flexibility index (Phi) is 3.57. The lowest BCUT2D eigenvalue weighted by Gasteiger charge is -2.11. The summed E-state index contributed by atoms with van der Waals surface area (Å²) >= 11 is 4.81. The second kappa shape index (κ2) is 5.32. The maximum absolute atomic E-state index is 5.73. The Balaban J connectivity index is 2.23. The summed E-state index contributed by atoms with van der Waals surface area (Å²) in [6.07, 6.45) is 0. The van der Waals surface area contributed by atoms with Gasteiger partial charge in [0, 0.05) is 0 Å². The van der Waals surface area contributed by atoms with E-state index in [0.717, 1.165) is 11.4 Å². The van der Waals surface area contributed by atoms with E-state index in [1.54, 1.807) is 0 Å². The number of nitrogens with two attached hydrogens (primary N) is 1. The molecule has 0 aliphatic carbocycles. The van der Waals surface area contributed by atoms with Crippen LogP contribution in [0.25, 0.3) is 0 Å². The monoisotopic (exact) mass is 244 g/mol. The second-order valence-electron chi connectivity index (χ2n) is 3.40. The Morgan fingerprint density at radius 3 is 2.35 bits per heavy atom. The summed E-state index contributed by atoms with van der Waals surface area (Å²) < 4.78 is 5.73. The molecular formula is C13H12N2OS. The van der Waals surface area contributed by atoms with E-state index in [9.17, 15) is 0 Å². The van der Waals surface area contributed by atoms with Crippen molar-refractivity contribution in [2.45, 2.75) is 0 Å². The number of ether oxygens (including phenoxy) is 1. The Hall–Kier alpha value is -2.07. The van der Waals surface area contributed by atoms with Gasteiger partial charge in [0.15, 0.2) is 10.9 Å². The molecule has 2 rings (SSSR count). The van der Waals surface area contributed by atoms with Gasteiger partial charge in [0.2, 0.25) is 0 Å². The number of anilines is 1. The molecule has 2 aromatic carbocycles. The van der Waals surface area contributed by atoms with E-state index < -0.39 is 0 Å². The molecule has 0 atom stereocenters. The number of para-hydroxylation sites is 3. The predicted molar refractivity (Wildman–Crippen MR) is 73.4 cm³/mol. The molecule has 0 bridgehead atoms. The molecule has 0 heterocycles. The van der Waals surface area contributed by atoms with Crippen molar-refractivity contribution in [2.75, 3.05) is 5.32 Å². The lowest BCUT2D eigenvalue weighted by Crippen LogP contribution is -2.19. The van der Waals surface area contributed by atoms with Crippen LogP contribution in [0.3, 0.4) is 0 Å². The smallest absolute Gasteiger partial charge is 0.168 e. The quantitative estimate of drug-likeness (QED) is 0.814. The molecule has 4 heteroatoms. The van der Waals surface area contributed by atoms with Crippen LogP contribution in [0.1, 0.15) is 0 Å². The van der Waals surface area contributed by atoms with Crippen molar-refractivity contribution in [3.63, 3.8) is 0 Å². The second-order valence-corrected chi connectivity index (χ2v) is 3.84. The molecule has 0 saturated heterocycles. The van der Waals surface area contributed by atoms with Gasteiger partial charge in [-0.2, -0.15) is 0 Å². The summed E-state index contributed by atoms with van der Waals surface area (Å²) in [5, 5.41) is 3.09. The standard InChI is InChI=1S/C13H12N2OS/c14-13(17)15-11-8-4-5-9-12(11)16-10-6-2-1-3-7-10/h1-9H,(H3,14,15,17). The minimum Gasteiger partial charge on any atom is -0.455 e. The van der Waals surface area contributed by atoms with Crippen molar-refractivity contribution < 1.29 is 4.74 Å². The van der Waals surface area contributed by atoms with Crippen molar-refractivity contribution >= 4 is 23.0 Å². The SMILES string of the molecule is NC(=S)Nc1ccccc1Oc1ccccc1. The maximum atomic E-state index is 5.73. The largest absolute Gasteiger partial charge is 0.455 e. The van der Waals surface area contributed by atoms with Crippen molar-refractivity contribution in [2.24, 2.45) is 5.73 Å². The summed E-state index contributed by atoms with van der Waals surface area (Å²) in [4.78, 5) is 0. The van der Waals surface area contributed by atoms with Gasteiger partial charge in [-0.1, -0.05) is 30.3 Å². The molecule has 0 saturated carbocycles. The van der Waals surface area contributed by atoms with Crippen LogP contribution in [0.15, 0.2) is 54.6 Å². The van der Waals surface area contributed by atoms with Crippen molar-refractivity contribution in [1.29, 1.82) is 0 Å². The highest BCUT2D eigenvalue weighted by molar-refractivity contribution is 7.80. The molecule has 3 nitrogen and oxygen atoms in total. The van der Waals surface area contributed by atoms with Gasteiger partial charge in [-0.05, 0) is 36.5 Å². The topological polar surface area (TPSA) is 47.3 Å². The Morgan fingerprint density at radius 1 is 1.00 bits per heavy atom. The van der Waals surface area contributed by atoms with Crippen LogP contribution in [0.5, 0.6) is 11.5 Å². The lowest BCUT2D eigenvalue weighted by molar-refractivity contribution is 0.485. The van der Waals surface area contributed by atoms with Crippen molar-refractivity contribution in [3.05, 3.63) is 54.6 Å². The van der Waals surface area contributed by atoms with Crippen LogP contribution in [0, 0.1) is 0 Å². The third-order valence-corrected chi connectivity index (χ3v) is 2.22. The van der Waals surface area contributed by atoms with Crippen LogP contribution in [-0.2, 0) is 0 Å². The fraction of sp³-hybridized carbons (Fsp3) is 0. The average molecular weight is 244 g/mol. The molecule has 0 radical (unpaired) electrons. The third kappa shape index (κ3) is 3.19. The van der Waals surface area contributed by atoms with Crippen LogP contribution >= 0.6 is 12.2 Å². The zero-order chi connectivity index (χ0) is 12.1. The molecule has 0 spiro atoms. The summed E-state index contributed by atoms with van der Waals surface area (Å²) in [6.45, 7) is 0. The predicted octanol–water partition coefficient (Wildman–Crippen LogP) is 3.13. The first-order valence-corrected chi connectivity index (χ1v) is 5.55. The number of hydrogen-bond donors (Lipinski definition) is 2. The van der Waals surface area contributed by atoms with E-state index in [1.807, 2.05) is 54.6 Å². The first-order chi connectivity index (χ1) is 8.25. The van der Waals surface area contributed by atoms with E-state index in [2.05, 4.69) is 5.32 Å². The van der Waals surface area contributed by atoms with Gasteiger partial charge >= 0.3 is 0 Å². The fourth-order valence-corrected chi connectivity index (χ4v) is 1.52.